The summed E-state index contributed by atoms with van der Waals surface area (Å²) < 4.78 is 0. The molecule has 5 aromatic carbocycles. The molecule has 312 valence electrons. The lowest BCUT2D eigenvalue weighted by molar-refractivity contribution is 0.561. The van der Waals surface area contributed by atoms with E-state index < -0.39 is 0 Å². The number of nitrogens with zero attached hydrogens (tertiary/aromatic N) is 1. The third-order valence-electron chi connectivity index (χ3n) is 12.8. The maximum Gasteiger partial charge on any atom is 0.0639 e. The zero-order valence-electron chi connectivity index (χ0n) is 36.4. The van der Waals surface area contributed by atoms with Crippen LogP contribution in [0, 0.1) is 5.92 Å². The standard InChI is InChI=1S/C60H57N3/c1-44(19-14-15-40-62-53-27-17-26-52(42-53)55-31-18-33-59-60(55)56-30-12-13-32-58(56)63(59)54-28-10-5-11-29-54)49-24-16-25-50(41-49)47-36-38-48(39-37-47)57(61-2)43-51(46-22-8-4-9-23-46)35-34-45-20-6-3-7-21-45/h3-8,10-16,18-21,24-26,28-32,35-43,46,59,61-62H,1,9,17,22-23,27,33-34H2,2H3/b19-14-,40-15-,51-35+,57-43-. The Bertz CT molecular complexity index is 2710. The number of para-hydroxylation sites is 2. The Balaban J connectivity index is 0.848. The summed E-state index contributed by atoms with van der Waals surface area (Å²) >= 11 is 0. The third kappa shape index (κ3) is 9.54. The first-order valence-electron chi connectivity index (χ1n) is 22.7. The smallest absolute Gasteiger partial charge is 0.0639 e. The number of hydrogen-bond acceptors (Lipinski definition) is 3. The highest BCUT2D eigenvalue weighted by Gasteiger charge is 2.37. The van der Waals surface area contributed by atoms with Crippen molar-refractivity contribution in [1.82, 2.24) is 10.6 Å². The van der Waals surface area contributed by atoms with Crippen molar-refractivity contribution in [2.75, 3.05) is 11.9 Å². The fourth-order valence-electron chi connectivity index (χ4n) is 9.48. The van der Waals surface area contributed by atoms with Gasteiger partial charge >= 0.3 is 0 Å². The minimum absolute atomic E-state index is 0.284. The van der Waals surface area contributed by atoms with E-state index in [1.807, 2.05) is 13.2 Å². The lowest BCUT2D eigenvalue weighted by atomic mass is 9.84. The molecule has 1 heterocycles. The molecule has 3 heteroatoms. The van der Waals surface area contributed by atoms with Gasteiger partial charge in [-0.1, -0.05) is 164 Å². The van der Waals surface area contributed by atoms with E-state index in [0.717, 1.165) is 55.4 Å². The number of anilines is 2. The molecule has 1 aliphatic heterocycles. The number of fused-ring (bicyclic) bond motifs is 3. The van der Waals surface area contributed by atoms with Crippen LogP contribution < -0.4 is 15.5 Å². The van der Waals surface area contributed by atoms with Gasteiger partial charge in [0, 0.05) is 41.6 Å². The van der Waals surface area contributed by atoms with Gasteiger partial charge in [-0.15, -0.1) is 0 Å². The van der Waals surface area contributed by atoms with Crippen LogP contribution in [0.25, 0.3) is 28.0 Å². The molecule has 0 fully saturated rings. The molecule has 0 radical (unpaired) electrons. The molecule has 3 nitrogen and oxygen atoms in total. The summed E-state index contributed by atoms with van der Waals surface area (Å²) in [6, 6.07) is 48.4. The van der Waals surface area contributed by atoms with Gasteiger partial charge in [0.15, 0.2) is 0 Å². The van der Waals surface area contributed by atoms with Gasteiger partial charge in [0.2, 0.25) is 0 Å². The Kier molecular flexibility index (Phi) is 12.9. The zero-order chi connectivity index (χ0) is 42.8. The first-order chi connectivity index (χ1) is 31.1. The van der Waals surface area contributed by atoms with Gasteiger partial charge in [-0.05, 0) is 149 Å². The summed E-state index contributed by atoms with van der Waals surface area (Å²) in [4.78, 5) is 2.52. The van der Waals surface area contributed by atoms with E-state index in [1.165, 1.54) is 73.6 Å². The first kappa shape index (κ1) is 41.3. The van der Waals surface area contributed by atoms with Crippen molar-refractivity contribution in [3.63, 3.8) is 0 Å². The van der Waals surface area contributed by atoms with E-state index >= 15 is 0 Å². The van der Waals surface area contributed by atoms with Crippen LogP contribution in [-0.4, -0.2) is 13.1 Å². The molecule has 2 N–H and O–H groups in total. The SMILES string of the molecule is C=C(/C=C\C=C/NC1=CC(C2=C3c4ccccc4N(c4ccccc4)C3CC=C2)=CCC1)c1cccc(-c2ccc(/C(=C/C(=C\Cc3ccccc3)C3CC=CCC3)NC)cc2)c1. The van der Waals surface area contributed by atoms with Gasteiger partial charge in [-0.25, -0.2) is 0 Å². The van der Waals surface area contributed by atoms with E-state index in [9.17, 15) is 0 Å². The summed E-state index contributed by atoms with van der Waals surface area (Å²) in [5.74, 6) is 0.535. The van der Waals surface area contributed by atoms with E-state index in [1.54, 1.807) is 0 Å². The highest BCUT2D eigenvalue weighted by atomic mass is 15.2. The van der Waals surface area contributed by atoms with Crippen molar-refractivity contribution in [1.29, 1.82) is 0 Å². The van der Waals surface area contributed by atoms with Crippen LogP contribution in [0.1, 0.15) is 60.8 Å². The predicted molar refractivity (Wildman–Crippen MR) is 269 cm³/mol. The highest BCUT2D eigenvalue weighted by molar-refractivity contribution is 5.96. The second-order valence-corrected chi connectivity index (χ2v) is 16.8. The minimum atomic E-state index is 0.284. The van der Waals surface area contributed by atoms with Crippen LogP contribution in [0.5, 0.6) is 0 Å². The van der Waals surface area contributed by atoms with Crippen LogP contribution in [0.4, 0.5) is 11.4 Å². The van der Waals surface area contributed by atoms with Crippen LogP contribution in [0.3, 0.4) is 0 Å². The van der Waals surface area contributed by atoms with E-state index in [0.29, 0.717) is 5.92 Å². The van der Waals surface area contributed by atoms with Gasteiger partial charge in [-0.2, -0.15) is 0 Å². The zero-order valence-corrected chi connectivity index (χ0v) is 36.4. The van der Waals surface area contributed by atoms with Crippen LogP contribution in [0.2, 0.25) is 0 Å². The normalized spacial score (nSPS) is 18.7. The molecule has 3 aliphatic carbocycles. The molecule has 5 aromatic rings. The van der Waals surface area contributed by atoms with Crippen molar-refractivity contribution in [2.45, 2.75) is 51.0 Å². The topological polar surface area (TPSA) is 27.3 Å². The monoisotopic (exact) mass is 819 g/mol. The number of benzene rings is 5. The highest BCUT2D eigenvalue weighted by Crippen LogP contribution is 2.50. The molecule has 0 bridgehead atoms. The third-order valence-corrected chi connectivity index (χ3v) is 12.8. The molecule has 2 unspecified atom stereocenters. The molecular formula is C60H57N3. The molecule has 63 heavy (non-hydrogen) atoms. The Labute approximate surface area is 375 Å². The van der Waals surface area contributed by atoms with Gasteiger partial charge in [0.1, 0.15) is 0 Å². The molecule has 4 aliphatic rings. The summed E-state index contributed by atoms with van der Waals surface area (Å²) in [5, 5.41) is 7.10. The Hall–Kier alpha value is -7.10. The molecule has 0 saturated heterocycles. The van der Waals surface area contributed by atoms with Crippen molar-refractivity contribution < 1.29 is 0 Å². The van der Waals surface area contributed by atoms with E-state index in [4.69, 9.17) is 0 Å². The predicted octanol–water partition coefficient (Wildman–Crippen LogP) is 14.7. The summed E-state index contributed by atoms with van der Waals surface area (Å²) in [6.07, 6.45) is 34.5. The Morgan fingerprint density at radius 1 is 0.762 bits per heavy atom. The lowest BCUT2D eigenvalue weighted by Gasteiger charge is -2.30. The molecular weight excluding hydrogens is 763 g/mol. The average molecular weight is 820 g/mol. The lowest BCUT2D eigenvalue weighted by Crippen LogP contribution is -2.28. The largest absolute Gasteiger partial charge is 0.388 e. The fourth-order valence-corrected chi connectivity index (χ4v) is 9.48. The van der Waals surface area contributed by atoms with Gasteiger partial charge in [0.05, 0.1) is 6.04 Å². The molecule has 9 rings (SSSR count). The summed E-state index contributed by atoms with van der Waals surface area (Å²) in [5.41, 5.74) is 18.7. The summed E-state index contributed by atoms with van der Waals surface area (Å²) in [7, 11) is 2.03. The fraction of sp³-hybridized carbons (Fsp3) is 0.167. The molecule has 0 amide bonds. The maximum absolute atomic E-state index is 4.42. The van der Waals surface area contributed by atoms with Crippen molar-refractivity contribution >= 4 is 28.2 Å². The van der Waals surface area contributed by atoms with Crippen LogP contribution in [0.15, 0.2) is 235 Å². The Morgan fingerprint density at radius 3 is 2.38 bits per heavy atom. The molecule has 0 spiro atoms. The minimum Gasteiger partial charge on any atom is -0.388 e. The second-order valence-electron chi connectivity index (χ2n) is 16.8. The number of rotatable bonds is 14. The number of hydrogen-bond donors (Lipinski definition) is 2. The summed E-state index contributed by atoms with van der Waals surface area (Å²) in [6.45, 7) is 4.42. The number of nitrogens with one attached hydrogen (secondary N) is 2. The first-order valence-corrected chi connectivity index (χ1v) is 22.7. The van der Waals surface area contributed by atoms with Gasteiger partial charge in [-0.3, -0.25) is 0 Å². The number of allylic oxidation sites excluding steroid dienone is 15. The Morgan fingerprint density at radius 2 is 1.57 bits per heavy atom. The molecule has 0 saturated carbocycles. The van der Waals surface area contributed by atoms with E-state index in [-0.39, 0.29) is 6.04 Å². The molecule has 0 aromatic heterocycles. The van der Waals surface area contributed by atoms with Gasteiger partial charge in [0.25, 0.3) is 0 Å². The molecule has 2 atom stereocenters. The van der Waals surface area contributed by atoms with Gasteiger partial charge < -0.3 is 15.5 Å². The van der Waals surface area contributed by atoms with Crippen LogP contribution >= 0.6 is 0 Å². The van der Waals surface area contributed by atoms with Crippen molar-refractivity contribution in [2.24, 2.45) is 5.92 Å². The van der Waals surface area contributed by atoms with Crippen molar-refractivity contribution in [3.05, 3.63) is 258 Å². The average Bonchev–Trinajstić information content (AvgIpc) is 3.70. The van der Waals surface area contributed by atoms with Crippen LogP contribution in [-0.2, 0) is 6.42 Å². The van der Waals surface area contributed by atoms with Crippen molar-refractivity contribution in [3.8, 4) is 11.1 Å². The quantitative estimate of drug-likeness (QED) is 0.0863. The van der Waals surface area contributed by atoms with E-state index in [2.05, 4.69) is 222 Å². The maximum atomic E-state index is 4.42. The second kappa shape index (κ2) is 19.7.